The molecule has 1 aliphatic rings. The molecule has 0 unspecified atom stereocenters. The number of fused-ring (bicyclic) bond motifs is 1. The van der Waals surface area contributed by atoms with Gasteiger partial charge in [0.25, 0.3) is 5.91 Å². The number of hydrogen-bond acceptors (Lipinski definition) is 4. The molecule has 1 aliphatic heterocycles. The Balaban J connectivity index is 2.23. The van der Waals surface area contributed by atoms with Crippen LogP contribution in [-0.2, 0) is 9.59 Å². The van der Waals surface area contributed by atoms with E-state index in [1.165, 1.54) is 6.07 Å². The number of nitrogens with two attached hydrogens (primary N) is 1. The number of amides is 2. The molecule has 0 fully saturated rings. The van der Waals surface area contributed by atoms with E-state index in [1.54, 1.807) is 6.07 Å². The Hall–Kier alpha value is -1.79. The van der Waals surface area contributed by atoms with Crippen LogP contribution < -0.4 is 21.1 Å². The molecule has 6 nitrogen and oxygen atoms in total. The fraction of sp³-hybridized carbons (Fsp3) is 0.333. The fourth-order valence-corrected chi connectivity index (χ4v) is 1.82. The molecule has 19 heavy (non-hydrogen) atoms. The van der Waals surface area contributed by atoms with Crippen LogP contribution in [-0.4, -0.2) is 24.5 Å². The van der Waals surface area contributed by atoms with Crippen molar-refractivity contribution in [3.05, 3.63) is 17.2 Å². The summed E-state index contributed by atoms with van der Waals surface area (Å²) in [5.41, 5.74) is 6.52. The summed E-state index contributed by atoms with van der Waals surface area (Å²) in [5.74, 6) is -0.0954. The molecule has 1 aromatic carbocycles. The van der Waals surface area contributed by atoms with Gasteiger partial charge in [0.05, 0.1) is 22.4 Å². The SMILES string of the molecule is CC[C@@H](N)C(=O)Nc1cc2c(cc1Cl)NC(=O)CO2. The van der Waals surface area contributed by atoms with Crippen molar-refractivity contribution in [2.24, 2.45) is 5.73 Å². The van der Waals surface area contributed by atoms with Crippen molar-refractivity contribution in [2.45, 2.75) is 19.4 Å². The third-order valence-electron chi connectivity index (χ3n) is 2.74. The molecule has 0 spiro atoms. The Morgan fingerprint density at radius 3 is 3.05 bits per heavy atom. The van der Waals surface area contributed by atoms with Gasteiger partial charge in [0, 0.05) is 6.07 Å². The zero-order valence-corrected chi connectivity index (χ0v) is 11.1. The zero-order chi connectivity index (χ0) is 14.0. The highest BCUT2D eigenvalue weighted by Crippen LogP contribution is 2.36. The maximum Gasteiger partial charge on any atom is 0.262 e. The van der Waals surface area contributed by atoms with Crippen molar-refractivity contribution < 1.29 is 14.3 Å². The van der Waals surface area contributed by atoms with Gasteiger partial charge in [0.1, 0.15) is 5.75 Å². The summed E-state index contributed by atoms with van der Waals surface area (Å²) in [5, 5.41) is 5.57. The van der Waals surface area contributed by atoms with Crippen LogP contribution in [0.2, 0.25) is 5.02 Å². The van der Waals surface area contributed by atoms with Crippen molar-refractivity contribution in [1.29, 1.82) is 0 Å². The summed E-state index contributed by atoms with van der Waals surface area (Å²) < 4.78 is 5.25. The van der Waals surface area contributed by atoms with E-state index >= 15 is 0 Å². The molecule has 102 valence electrons. The quantitative estimate of drug-likeness (QED) is 0.780. The van der Waals surface area contributed by atoms with Gasteiger partial charge in [-0.1, -0.05) is 18.5 Å². The smallest absolute Gasteiger partial charge is 0.262 e. The van der Waals surface area contributed by atoms with Gasteiger partial charge in [0.15, 0.2) is 6.61 Å². The average Bonchev–Trinajstić information content (AvgIpc) is 2.38. The maximum atomic E-state index is 11.7. The number of nitrogens with one attached hydrogen (secondary N) is 2. The summed E-state index contributed by atoms with van der Waals surface area (Å²) in [4.78, 5) is 22.9. The monoisotopic (exact) mass is 283 g/mol. The lowest BCUT2D eigenvalue weighted by Gasteiger charge is -2.20. The molecule has 2 rings (SSSR count). The summed E-state index contributed by atoms with van der Waals surface area (Å²) in [7, 11) is 0. The normalized spacial score (nSPS) is 15.0. The highest BCUT2D eigenvalue weighted by atomic mass is 35.5. The lowest BCUT2D eigenvalue weighted by molar-refractivity contribution is -0.119. The van der Waals surface area contributed by atoms with Crippen LogP contribution in [0.15, 0.2) is 12.1 Å². The Labute approximate surface area is 115 Å². The first kappa shape index (κ1) is 13.6. The second kappa shape index (κ2) is 5.46. The third-order valence-corrected chi connectivity index (χ3v) is 3.05. The lowest BCUT2D eigenvalue weighted by atomic mass is 10.2. The molecule has 0 saturated heterocycles. The van der Waals surface area contributed by atoms with Crippen LogP contribution in [0, 0.1) is 0 Å². The number of halogens is 1. The fourth-order valence-electron chi connectivity index (χ4n) is 1.61. The molecule has 0 bridgehead atoms. The van der Waals surface area contributed by atoms with Gasteiger partial charge in [-0.05, 0) is 12.5 Å². The van der Waals surface area contributed by atoms with Crippen molar-refractivity contribution >= 4 is 34.8 Å². The standard InChI is InChI=1S/C12H14ClN3O3/c1-2-7(14)12(18)16-8-4-10-9(3-6(8)13)15-11(17)5-19-10/h3-4,7H,2,5,14H2,1H3,(H,15,17)(H,16,18)/t7-/m1/s1. The van der Waals surface area contributed by atoms with E-state index in [0.717, 1.165) is 0 Å². The molecule has 1 aromatic rings. The Bertz CT molecular complexity index is 533. The molecule has 4 N–H and O–H groups in total. The van der Waals surface area contributed by atoms with Crippen LogP contribution in [0.3, 0.4) is 0 Å². The van der Waals surface area contributed by atoms with Crippen LogP contribution in [0.4, 0.5) is 11.4 Å². The predicted molar refractivity (Wildman–Crippen MR) is 72.5 cm³/mol. The number of ether oxygens (including phenoxy) is 1. The zero-order valence-electron chi connectivity index (χ0n) is 10.3. The van der Waals surface area contributed by atoms with Crippen LogP contribution >= 0.6 is 11.6 Å². The van der Waals surface area contributed by atoms with Gasteiger partial charge < -0.3 is 21.1 Å². The van der Waals surface area contributed by atoms with E-state index in [1.807, 2.05) is 6.92 Å². The van der Waals surface area contributed by atoms with Crippen LogP contribution in [0.1, 0.15) is 13.3 Å². The van der Waals surface area contributed by atoms with E-state index in [0.29, 0.717) is 28.6 Å². The first-order chi connectivity index (χ1) is 9.01. The van der Waals surface area contributed by atoms with Crippen LogP contribution in [0.5, 0.6) is 5.75 Å². The molecule has 0 aromatic heterocycles. The summed E-state index contributed by atoms with van der Waals surface area (Å²) >= 11 is 6.04. The molecule has 0 radical (unpaired) electrons. The second-order valence-electron chi connectivity index (χ2n) is 4.17. The minimum atomic E-state index is -0.590. The first-order valence-electron chi connectivity index (χ1n) is 5.84. The second-order valence-corrected chi connectivity index (χ2v) is 4.58. The van der Waals surface area contributed by atoms with Gasteiger partial charge in [0.2, 0.25) is 5.91 Å². The summed E-state index contributed by atoms with van der Waals surface area (Å²) in [6.45, 7) is 1.76. The number of anilines is 2. The summed E-state index contributed by atoms with van der Waals surface area (Å²) in [6.07, 6.45) is 0.529. The minimum Gasteiger partial charge on any atom is -0.482 e. The van der Waals surface area contributed by atoms with E-state index in [-0.39, 0.29) is 18.4 Å². The Morgan fingerprint density at radius 2 is 2.37 bits per heavy atom. The minimum absolute atomic E-state index is 0.0590. The van der Waals surface area contributed by atoms with Crippen LogP contribution in [0.25, 0.3) is 0 Å². The third kappa shape index (κ3) is 2.97. The lowest BCUT2D eigenvalue weighted by Crippen LogP contribution is -2.35. The highest BCUT2D eigenvalue weighted by molar-refractivity contribution is 6.34. The van der Waals surface area contributed by atoms with E-state index in [2.05, 4.69) is 10.6 Å². The number of benzene rings is 1. The molecule has 2 amide bonds. The number of carbonyl (C=O) groups excluding carboxylic acids is 2. The predicted octanol–water partition coefficient (Wildman–Crippen LogP) is 1.35. The van der Waals surface area contributed by atoms with E-state index in [9.17, 15) is 9.59 Å². The average molecular weight is 284 g/mol. The van der Waals surface area contributed by atoms with Gasteiger partial charge in [-0.15, -0.1) is 0 Å². The topological polar surface area (TPSA) is 93.5 Å². The molecule has 1 heterocycles. The van der Waals surface area contributed by atoms with E-state index < -0.39 is 6.04 Å². The largest absolute Gasteiger partial charge is 0.482 e. The molecular formula is C12H14ClN3O3. The first-order valence-corrected chi connectivity index (χ1v) is 6.21. The maximum absolute atomic E-state index is 11.7. The van der Waals surface area contributed by atoms with Crippen molar-refractivity contribution in [3.8, 4) is 5.75 Å². The molecular weight excluding hydrogens is 270 g/mol. The van der Waals surface area contributed by atoms with Gasteiger partial charge in [-0.25, -0.2) is 0 Å². The van der Waals surface area contributed by atoms with Crippen molar-refractivity contribution in [3.63, 3.8) is 0 Å². The molecule has 1 atom stereocenters. The van der Waals surface area contributed by atoms with Crippen molar-refractivity contribution in [1.82, 2.24) is 0 Å². The van der Waals surface area contributed by atoms with Gasteiger partial charge >= 0.3 is 0 Å². The highest BCUT2D eigenvalue weighted by Gasteiger charge is 2.20. The molecule has 0 aliphatic carbocycles. The Kier molecular flexibility index (Phi) is 3.92. The van der Waals surface area contributed by atoms with Gasteiger partial charge in [-0.2, -0.15) is 0 Å². The van der Waals surface area contributed by atoms with E-state index in [4.69, 9.17) is 22.1 Å². The van der Waals surface area contributed by atoms with Gasteiger partial charge in [-0.3, -0.25) is 9.59 Å². The molecule has 0 saturated carbocycles. The Morgan fingerprint density at radius 1 is 1.63 bits per heavy atom. The van der Waals surface area contributed by atoms with Crippen molar-refractivity contribution in [2.75, 3.05) is 17.2 Å². The number of hydrogen-bond donors (Lipinski definition) is 3. The molecule has 7 heteroatoms. The summed E-state index contributed by atoms with van der Waals surface area (Å²) in [6, 6.07) is 2.51. The number of carbonyl (C=O) groups is 2. The number of rotatable bonds is 3.